The van der Waals surface area contributed by atoms with Gasteiger partial charge in [0, 0.05) is 51.0 Å². The summed E-state index contributed by atoms with van der Waals surface area (Å²) < 4.78 is 0. The number of nitrogens with zero attached hydrogens (tertiary/aromatic N) is 5. The molecule has 2 aromatic rings. The van der Waals surface area contributed by atoms with Crippen LogP contribution in [0.2, 0.25) is 0 Å². The van der Waals surface area contributed by atoms with Gasteiger partial charge >= 0.3 is 0 Å². The third kappa shape index (κ3) is 3.16. The molecule has 0 aliphatic carbocycles. The summed E-state index contributed by atoms with van der Waals surface area (Å²) in [6.07, 6.45) is 11.1. The molecule has 136 valence electrons. The van der Waals surface area contributed by atoms with Gasteiger partial charge in [-0.1, -0.05) is 13.0 Å². The van der Waals surface area contributed by atoms with Crippen LogP contribution < -0.4 is 4.90 Å². The molecule has 0 aromatic carbocycles. The summed E-state index contributed by atoms with van der Waals surface area (Å²) in [5.74, 6) is 1.10. The Balaban J connectivity index is 1.39. The van der Waals surface area contributed by atoms with Crippen LogP contribution in [0.4, 0.5) is 5.95 Å². The molecule has 2 fully saturated rings. The molecule has 0 N–H and O–H groups in total. The molecule has 1 amide bonds. The lowest BCUT2D eigenvalue weighted by Gasteiger charge is -2.38. The highest BCUT2D eigenvalue weighted by Crippen LogP contribution is 2.42. The van der Waals surface area contributed by atoms with Gasteiger partial charge < -0.3 is 9.80 Å². The van der Waals surface area contributed by atoms with E-state index in [-0.39, 0.29) is 5.41 Å². The highest BCUT2D eigenvalue weighted by molar-refractivity contribution is 5.85. The molecule has 2 aliphatic heterocycles. The zero-order chi connectivity index (χ0) is 18.0. The number of piperidine rings is 1. The standard InChI is InChI=1S/C20H25N5O/c1-2-16-13-22-19(23-14-16)24-9-5-20(6-10-24)7-11-25(18(20)26)15-17-4-3-8-21-12-17/h3-4,8,12-14H,2,5-7,9-11,15H2,1H3. The molecule has 6 heteroatoms. The summed E-state index contributed by atoms with van der Waals surface area (Å²) in [5.41, 5.74) is 2.06. The van der Waals surface area contributed by atoms with Crippen molar-refractivity contribution in [2.75, 3.05) is 24.5 Å². The number of rotatable bonds is 4. The fourth-order valence-corrected chi connectivity index (χ4v) is 4.05. The first-order valence-electron chi connectivity index (χ1n) is 9.44. The second kappa shape index (κ2) is 7.02. The highest BCUT2D eigenvalue weighted by Gasteiger charge is 2.48. The van der Waals surface area contributed by atoms with E-state index in [9.17, 15) is 4.79 Å². The van der Waals surface area contributed by atoms with Crippen LogP contribution in [0.25, 0.3) is 0 Å². The van der Waals surface area contributed by atoms with E-state index in [1.54, 1.807) is 6.20 Å². The second-order valence-electron chi connectivity index (χ2n) is 7.35. The Bertz CT molecular complexity index is 754. The van der Waals surface area contributed by atoms with Crippen molar-refractivity contribution in [2.24, 2.45) is 5.41 Å². The number of aryl methyl sites for hydroxylation is 1. The maximum atomic E-state index is 13.1. The van der Waals surface area contributed by atoms with Gasteiger partial charge in [0.25, 0.3) is 0 Å². The van der Waals surface area contributed by atoms with Crippen LogP contribution in [0.15, 0.2) is 36.9 Å². The summed E-state index contributed by atoms with van der Waals surface area (Å²) in [5, 5.41) is 0. The Labute approximate surface area is 154 Å². The van der Waals surface area contributed by atoms with Crippen LogP contribution in [0.3, 0.4) is 0 Å². The van der Waals surface area contributed by atoms with E-state index in [2.05, 4.69) is 26.8 Å². The van der Waals surface area contributed by atoms with Crippen molar-refractivity contribution in [1.29, 1.82) is 0 Å². The highest BCUT2D eigenvalue weighted by atomic mass is 16.2. The van der Waals surface area contributed by atoms with Crippen molar-refractivity contribution in [3.8, 4) is 0 Å². The minimum atomic E-state index is -0.192. The third-order valence-electron chi connectivity index (χ3n) is 5.80. The summed E-state index contributed by atoms with van der Waals surface area (Å²) in [7, 11) is 0. The first-order chi connectivity index (χ1) is 12.7. The van der Waals surface area contributed by atoms with Crippen LogP contribution >= 0.6 is 0 Å². The van der Waals surface area contributed by atoms with Crippen molar-refractivity contribution in [1.82, 2.24) is 19.9 Å². The molecule has 0 unspecified atom stereocenters. The number of anilines is 1. The minimum absolute atomic E-state index is 0.192. The van der Waals surface area contributed by atoms with Gasteiger partial charge in [-0.05, 0) is 42.9 Å². The lowest BCUT2D eigenvalue weighted by Crippen LogP contribution is -2.45. The fourth-order valence-electron chi connectivity index (χ4n) is 4.05. The normalized spacial score (nSPS) is 19.3. The molecule has 4 rings (SSSR count). The van der Waals surface area contributed by atoms with Crippen molar-refractivity contribution >= 4 is 11.9 Å². The van der Waals surface area contributed by atoms with E-state index in [1.165, 1.54) is 0 Å². The van der Waals surface area contributed by atoms with E-state index in [1.807, 2.05) is 35.6 Å². The van der Waals surface area contributed by atoms with Crippen molar-refractivity contribution in [3.63, 3.8) is 0 Å². The predicted molar refractivity (Wildman–Crippen MR) is 99.6 cm³/mol. The van der Waals surface area contributed by atoms with Gasteiger partial charge in [-0.15, -0.1) is 0 Å². The molecule has 0 radical (unpaired) electrons. The number of carbonyl (C=O) groups is 1. The largest absolute Gasteiger partial charge is 0.341 e. The lowest BCUT2D eigenvalue weighted by molar-refractivity contribution is -0.137. The molecular weight excluding hydrogens is 326 g/mol. The Hall–Kier alpha value is -2.50. The zero-order valence-corrected chi connectivity index (χ0v) is 15.3. The smallest absolute Gasteiger partial charge is 0.229 e. The van der Waals surface area contributed by atoms with Gasteiger partial charge in [0.05, 0.1) is 5.41 Å². The van der Waals surface area contributed by atoms with E-state index < -0.39 is 0 Å². The van der Waals surface area contributed by atoms with Gasteiger partial charge in [-0.25, -0.2) is 9.97 Å². The van der Waals surface area contributed by atoms with Crippen LogP contribution in [-0.2, 0) is 17.8 Å². The number of likely N-dealkylation sites (tertiary alicyclic amines) is 1. The van der Waals surface area contributed by atoms with Crippen LogP contribution in [-0.4, -0.2) is 45.4 Å². The summed E-state index contributed by atoms with van der Waals surface area (Å²) in [4.78, 5) is 30.4. The molecule has 2 aliphatic rings. The summed E-state index contributed by atoms with van der Waals surface area (Å²) in [6, 6.07) is 3.96. The Morgan fingerprint density at radius 2 is 1.77 bits per heavy atom. The second-order valence-corrected chi connectivity index (χ2v) is 7.35. The maximum absolute atomic E-state index is 13.1. The number of hydrogen-bond acceptors (Lipinski definition) is 5. The average Bonchev–Trinajstić information content (AvgIpc) is 2.99. The fraction of sp³-hybridized carbons (Fsp3) is 0.500. The van der Waals surface area contributed by atoms with Gasteiger partial charge in [0.2, 0.25) is 11.9 Å². The van der Waals surface area contributed by atoms with Gasteiger partial charge in [0.15, 0.2) is 0 Å². The van der Waals surface area contributed by atoms with Crippen molar-refractivity contribution < 1.29 is 4.79 Å². The average molecular weight is 351 g/mol. The number of amides is 1. The van der Waals surface area contributed by atoms with Crippen LogP contribution in [0, 0.1) is 5.41 Å². The van der Waals surface area contributed by atoms with Crippen molar-refractivity contribution in [3.05, 3.63) is 48.0 Å². The first kappa shape index (κ1) is 16.9. The third-order valence-corrected chi connectivity index (χ3v) is 5.80. The Morgan fingerprint density at radius 3 is 2.42 bits per heavy atom. The van der Waals surface area contributed by atoms with Crippen molar-refractivity contribution in [2.45, 2.75) is 39.2 Å². The number of carbonyl (C=O) groups excluding carboxylic acids is 1. The van der Waals surface area contributed by atoms with Gasteiger partial charge in [0.1, 0.15) is 0 Å². The molecule has 6 nitrogen and oxygen atoms in total. The molecule has 0 bridgehead atoms. The Morgan fingerprint density at radius 1 is 1.04 bits per heavy atom. The topological polar surface area (TPSA) is 62.2 Å². The lowest BCUT2D eigenvalue weighted by atomic mass is 9.77. The predicted octanol–water partition coefficient (Wildman–Crippen LogP) is 2.45. The molecule has 1 spiro atoms. The maximum Gasteiger partial charge on any atom is 0.229 e. The van der Waals surface area contributed by atoms with Gasteiger partial charge in [-0.3, -0.25) is 9.78 Å². The van der Waals surface area contributed by atoms with E-state index >= 15 is 0 Å². The molecule has 2 aromatic heterocycles. The Kier molecular flexibility index (Phi) is 4.57. The number of hydrogen-bond donors (Lipinski definition) is 0. The molecule has 0 saturated carbocycles. The molecule has 4 heterocycles. The number of pyridine rings is 1. The molecular formula is C20H25N5O. The quantitative estimate of drug-likeness (QED) is 0.847. The SMILES string of the molecule is CCc1cnc(N2CCC3(CCN(Cc4cccnc4)C3=O)CC2)nc1. The van der Waals surface area contributed by atoms with E-state index in [0.29, 0.717) is 12.5 Å². The monoisotopic (exact) mass is 351 g/mol. The van der Waals surface area contributed by atoms with E-state index in [4.69, 9.17) is 0 Å². The summed E-state index contributed by atoms with van der Waals surface area (Å²) in [6.45, 7) is 5.30. The number of aromatic nitrogens is 3. The van der Waals surface area contributed by atoms with Crippen LogP contribution in [0.1, 0.15) is 37.3 Å². The van der Waals surface area contributed by atoms with Crippen LogP contribution in [0.5, 0.6) is 0 Å². The zero-order valence-electron chi connectivity index (χ0n) is 15.3. The summed E-state index contributed by atoms with van der Waals surface area (Å²) >= 11 is 0. The molecule has 0 atom stereocenters. The van der Waals surface area contributed by atoms with E-state index in [0.717, 1.165) is 62.4 Å². The first-order valence-corrected chi connectivity index (χ1v) is 9.44. The van der Waals surface area contributed by atoms with Gasteiger partial charge in [-0.2, -0.15) is 0 Å². The molecule has 2 saturated heterocycles. The molecule has 26 heavy (non-hydrogen) atoms. The minimum Gasteiger partial charge on any atom is -0.341 e.